The molecule has 100 valence electrons. The van der Waals surface area contributed by atoms with Crippen LogP contribution < -0.4 is 5.32 Å². The van der Waals surface area contributed by atoms with Crippen molar-refractivity contribution in [2.24, 2.45) is 5.92 Å². The second-order valence-corrected chi connectivity index (χ2v) is 6.80. The molecule has 3 rings (SSSR count). The molecule has 1 amide bonds. The maximum Gasteiger partial charge on any atom is 0.226 e. The molecule has 2 aromatic rings. The topological polar surface area (TPSA) is 42.0 Å². The predicted molar refractivity (Wildman–Crippen MR) is 79.5 cm³/mol. The normalized spacial score (nSPS) is 16.3. The van der Waals surface area contributed by atoms with Crippen LogP contribution in [0.5, 0.6) is 0 Å². The van der Waals surface area contributed by atoms with E-state index in [1.807, 2.05) is 16.8 Å². The summed E-state index contributed by atoms with van der Waals surface area (Å²) in [5.41, 5.74) is 0.869. The van der Waals surface area contributed by atoms with Crippen molar-refractivity contribution in [3.05, 3.63) is 28.6 Å². The Morgan fingerprint density at radius 3 is 3.05 bits per heavy atom. The molecule has 2 heterocycles. The van der Waals surface area contributed by atoms with E-state index in [1.165, 1.54) is 17.7 Å². The standard InChI is InChI=1S/C14H16N2OS2/c1-9(10-4-5-10)15-13(17)7-11-8-19-14(16-11)12-3-2-6-18-12/h2-3,6,8-10H,4-5,7H2,1H3,(H,15,17). The third-order valence-corrected chi connectivity index (χ3v) is 5.27. The summed E-state index contributed by atoms with van der Waals surface area (Å²) in [4.78, 5) is 17.6. The van der Waals surface area contributed by atoms with Crippen molar-refractivity contribution in [2.75, 3.05) is 0 Å². The third kappa shape index (κ3) is 3.22. The zero-order valence-electron chi connectivity index (χ0n) is 10.8. The Bertz CT molecular complexity index is 558. The Hall–Kier alpha value is -1.20. The molecule has 1 N–H and O–H groups in total. The maximum absolute atomic E-state index is 11.9. The van der Waals surface area contributed by atoms with Crippen molar-refractivity contribution in [1.82, 2.24) is 10.3 Å². The maximum atomic E-state index is 11.9. The van der Waals surface area contributed by atoms with Crippen LogP contribution >= 0.6 is 22.7 Å². The summed E-state index contributed by atoms with van der Waals surface area (Å²) in [7, 11) is 0. The first-order chi connectivity index (χ1) is 9.22. The molecule has 1 unspecified atom stereocenters. The molecule has 19 heavy (non-hydrogen) atoms. The predicted octanol–water partition coefficient (Wildman–Crippen LogP) is 3.33. The minimum absolute atomic E-state index is 0.0856. The van der Waals surface area contributed by atoms with E-state index in [2.05, 4.69) is 23.3 Å². The molecule has 1 fully saturated rings. The number of hydrogen-bond donors (Lipinski definition) is 1. The summed E-state index contributed by atoms with van der Waals surface area (Å²) in [5.74, 6) is 0.781. The summed E-state index contributed by atoms with van der Waals surface area (Å²) in [5, 5.41) is 8.09. The van der Waals surface area contributed by atoms with Crippen molar-refractivity contribution >= 4 is 28.6 Å². The van der Waals surface area contributed by atoms with Gasteiger partial charge < -0.3 is 5.32 Å². The van der Waals surface area contributed by atoms with Crippen LogP contribution in [0.1, 0.15) is 25.5 Å². The summed E-state index contributed by atoms with van der Waals surface area (Å²) in [6.07, 6.45) is 2.89. The van der Waals surface area contributed by atoms with Crippen LogP contribution in [0.4, 0.5) is 0 Å². The molecule has 1 aliphatic rings. The molecule has 0 aromatic carbocycles. The average molecular weight is 292 g/mol. The second-order valence-electron chi connectivity index (χ2n) is 4.99. The number of rotatable bonds is 5. The van der Waals surface area contributed by atoms with E-state index in [1.54, 1.807) is 22.7 Å². The van der Waals surface area contributed by atoms with Crippen LogP contribution in [0.3, 0.4) is 0 Å². The minimum Gasteiger partial charge on any atom is -0.353 e. The van der Waals surface area contributed by atoms with Gasteiger partial charge in [0, 0.05) is 11.4 Å². The smallest absolute Gasteiger partial charge is 0.226 e. The molecule has 0 saturated heterocycles. The van der Waals surface area contributed by atoms with Crippen LogP contribution in [-0.4, -0.2) is 16.9 Å². The van der Waals surface area contributed by atoms with Crippen molar-refractivity contribution in [1.29, 1.82) is 0 Å². The number of nitrogens with one attached hydrogen (secondary N) is 1. The fourth-order valence-corrected chi connectivity index (χ4v) is 3.72. The molecule has 0 spiro atoms. The Morgan fingerprint density at radius 2 is 2.37 bits per heavy atom. The number of thiazole rings is 1. The Kier molecular flexibility index (Phi) is 3.66. The molecular formula is C14H16N2OS2. The highest BCUT2D eigenvalue weighted by atomic mass is 32.1. The first-order valence-corrected chi connectivity index (χ1v) is 8.26. The van der Waals surface area contributed by atoms with Gasteiger partial charge in [0.15, 0.2) is 0 Å². The fraction of sp³-hybridized carbons (Fsp3) is 0.429. The highest BCUT2D eigenvalue weighted by Crippen LogP contribution is 2.32. The van der Waals surface area contributed by atoms with Crippen molar-refractivity contribution in [3.8, 4) is 9.88 Å². The summed E-state index contributed by atoms with van der Waals surface area (Å²) in [6, 6.07) is 4.39. The quantitative estimate of drug-likeness (QED) is 0.918. The lowest BCUT2D eigenvalue weighted by Gasteiger charge is -2.11. The van der Waals surface area contributed by atoms with Crippen LogP contribution in [0.15, 0.2) is 22.9 Å². The SMILES string of the molecule is CC(NC(=O)Cc1csc(-c2cccs2)n1)C1CC1. The van der Waals surface area contributed by atoms with E-state index < -0.39 is 0 Å². The molecule has 1 atom stereocenters. The van der Waals surface area contributed by atoms with Gasteiger partial charge in [-0.1, -0.05) is 6.07 Å². The van der Waals surface area contributed by atoms with Crippen LogP contribution in [0.2, 0.25) is 0 Å². The number of hydrogen-bond acceptors (Lipinski definition) is 4. The van der Waals surface area contributed by atoms with E-state index in [0.717, 1.165) is 10.7 Å². The average Bonchev–Trinajstić information content (AvgIpc) is 2.89. The molecule has 5 heteroatoms. The Morgan fingerprint density at radius 1 is 1.53 bits per heavy atom. The zero-order valence-corrected chi connectivity index (χ0v) is 12.4. The van der Waals surface area contributed by atoms with Gasteiger partial charge in [0.1, 0.15) is 5.01 Å². The number of aromatic nitrogens is 1. The highest BCUT2D eigenvalue weighted by Gasteiger charge is 2.28. The number of carbonyl (C=O) groups excluding carboxylic acids is 1. The second kappa shape index (κ2) is 5.43. The lowest BCUT2D eigenvalue weighted by atomic mass is 10.2. The summed E-state index contributed by atoms with van der Waals surface area (Å²) in [6.45, 7) is 2.09. The molecular weight excluding hydrogens is 276 g/mol. The fourth-order valence-electron chi connectivity index (χ4n) is 2.09. The molecule has 2 aromatic heterocycles. The zero-order chi connectivity index (χ0) is 13.2. The van der Waals surface area contributed by atoms with Gasteiger partial charge in [-0.25, -0.2) is 4.98 Å². The molecule has 0 radical (unpaired) electrons. The monoisotopic (exact) mass is 292 g/mol. The van der Waals surface area contributed by atoms with Crippen LogP contribution in [-0.2, 0) is 11.2 Å². The van der Waals surface area contributed by atoms with Gasteiger partial charge in [-0.2, -0.15) is 0 Å². The van der Waals surface area contributed by atoms with Crippen molar-refractivity contribution in [2.45, 2.75) is 32.2 Å². The van der Waals surface area contributed by atoms with E-state index in [0.29, 0.717) is 18.4 Å². The van der Waals surface area contributed by atoms with Crippen molar-refractivity contribution < 1.29 is 4.79 Å². The summed E-state index contributed by atoms with van der Waals surface area (Å²) < 4.78 is 0. The highest BCUT2D eigenvalue weighted by molar-refractivity contribution is 7.20. The van der Waals surface area contributed by atoms with E-state index >= 15 is 0 Å². The van der Waals surface area contributed by atoms with Gasteiger partial charge in [0.2, 0.25) is 5.91 Å². The molecule has 1 saturated carbocycles. The van der Waals surface area contributed by atoms with Gasteiger partial charge >= 0.3 is 0 Å². The Balaban J connectivity index is 1.59. The van der Waals surface area contributed by atoms with Crippen molar-refractivity contribution in [3.63, 3.8) is 0 Å². The third-order valence-electron chi connectivity index (χ3n) is 3.34. The first-order valence-electron chi connectivity index (χ1n) is 6.50. The number of thiophene rings is 1. The van der Waals surface area contributed by atoms with Gasteiger partial charge in [-0.3, -0.25) is 4.79 Å². The molecule has 3 nitrogen and oxygen atoms in total. The summed E-state index contributed by atoms with van der Waals surface area (Å²) >= 11 is 3.28. The largest absolute Gasteiger partial charge is 0.353 e. The number of amides is 1. The lowest BCUT2D eigenvalue weighted by Crippen LogP contribution is -2.35. The number of nitrogens with zero attached hydrogens (tertiary/aromatic N) is 1. The molecule has 1 aliphatic carbocycles. The number of carbonyl (C=O) groups is 1. The van der Waals surface area contributed by atoms with E-state index in [9.17, 15) is 4.79 Å². The lowest BCUT2D eigenvalue weighted by molar-refractivity contribution is -0.121. The van der Waals surface area contributed by atoms with Crippen LogP contribution in [0, 0.1) is 5.92 Å². The minimum atomic E-state index is 0.0856. The van der Waals surface area contributed by atoms with Gasteiger partial charge in [0.05, 0.1) is 17.0 Å². The first kappa shape index (κ1) is 12.8. The van der Waals surface area contributed by atoms with Gasteiger partial charge in [0.25, 0.3) is 0 Å². The van der Waals surface area contributed by atoms with Crippen LogP contribution in [0.25, 0.3) is 9.88 Å². The van der Waals surface area contributed by atoms with Gasteiger partial charge in [-0.05, 0) is 37.1 Å². The van der Waals surface area contributed by atoms with Gasteiger partial charge in [-0.15, -0.1) is 22.7 Å². The molecule has 0 bridgehead atoms. The Labute approximate surface area is 120 Å². The molecule has 0 aliphatic heterocycles. The van der Waals surface area contributed by atoms with E-state index in [-0.39, 0.29) is 5.91 Å². The van der Waals surface area contributed by atoms with E-state index in [4.69, 9.17) is 0 Å².